The minimum absolute atomic E-state index is 0.193. The van der Waals surface area contributed by atoms with Crippen molar-refractivity contribution in [3.8, 4) is 0 Å². The zero-order valence-corrected chi connectivity index (χ0v) is 13.0. The predicted molar refractivity (Wildman–Crippen MR) is 82.7 cm³/mol. The molecule has 3 N–H and O–H groups in total. The molecule has 0 atom stereocenters. The molecule has 0 aliphatic carbocycles. The maximum absolute atomic E-state index is 12.2. The van der Waals surface area contributed by atoms with E-state index in [1.54, 1.807) is 20.0 Å². The summed E-state index contributed by atoms with van der Waals surface area (Å²) in [4.78, 5) is 15.3. The molecule has 0 spiro atoms. The van der Waals surface area contributed by atoms with Gasteiger partial charge in [0, 0.05) is 29.2 Å². The van der Waals surface area contributed by atoms with Crippen molar-refractivity contribution in [1.29, 1.82) is 0 Å². The van der Waals surface area contributed by atoms with Gasteiger partial charge in [-0.05, 0) is 19.9 Å². The molecule has 2 rings (SSSR count). The van der Waals surface area contributed by atoms with Crippen LogP contribution in [0.1, 0.15) is 24.2 Å². The number of para-hydroxylation sites is 1. The van der Waals surface area contributed by atoms with E-state index < -0.39 is 15.6 Å². The molecule has 6 nitrogen and oxygen atoms in total. The molecule has 1 heterocycles. The quantitative estimate of drug-likeness (QED) is 0.775. The molecule has 1 aromatic heterocycles. The molecule has 0 saturated heterocycles. The lowest BCUT2D eigenvalue weighted by atomic mass is 10.1. The first kappa shape index (κ1) is 15.5. The largest absolute Gasteiger partial charge is 0.360 e. The van der Waals surface area contributed by atoms with Crippen molar-refractivity contribution in [2.45, 2.75) is 19.4 Å². The van der Waals surface area contributed by atoms with Gasteiger partial charge in [-0.2, -0.15) is 0 Å². The molecule has 7 heteroatoms. The zero-order valence-electron chi connectivity index (χ0n) is 12.2. The van der Waals surface area contributed by atoms with Gasteiger partial charge in [0.2, 0.25) is 10.0 Å². The number of carbonyl (C=O) groups excluding carboxylic acids is 1. The summed E-state index contributed by atoms with van der Waals surface area (Å²) in [5, 5.41) is 3.59. The smallest absolute Gasteiger partial charge is 0.253 e. The van der Waals surface area contributed by atoms with E-state index in [2.05, 4.69) is 15.0 Å². The van der Waals surface area contributed by atoms with Gasteiger partial charge in [0.25, 0.3) is 5.91 Å². The molecule has 1 amide bonds. The number of rotatable bonds is 5. The third-order valence-electron chi connectivity index (χ3n) is 2.99. The second-order valence-electron chi connectivity index (χ2n) is 5.69. The molecule has 2 aromatic rings. The van der Waals surface area contributed by atoms with Crippen LogP contribution in [0.2, 0.25) is 0 Å². The number of aromatic nitrogens is 1. The Morgan fingerprint density at radius 2 is 1.95 bits per heavy atom. The molecule has 21 heavy (non-hydrogen) atoms. The number of nitrogens with one attached hydrogen (secondary N) is 3. The highest BCUT2D eigenvalue weighted by Crippen LogP contribution is 2.17. The number of aromatic amines is 1. The maximum atomic E-state index is 12.2. The van der Waals surface area contributed by atoms with Crippen LogP contribution in [-0.4, -0.2) is 37.6 Å². The van der Waals surface area contributed by atoms with Gasteiger partial charge in [0.05, 0.1) is 11.8 Å². The van der Waals surface area contributed by atoms with Gasteiger partial charge in [-0.3, -0.25) is 4.79 Å². The summed E-state index contributed by atoms with van der Waals surface area (Å²) >= 11 is 0. The molecule has 0 bridgehead atoms. The Balaban J connectivity index is 2.09. The normalized spacial score (nSPS) is 12.5. The predicted octanol–water partition coefficient (Wildman–Crippen LogP) is 1.23. The number of hydrogen-bond donors (Lipinski definition) is 3. The second-order valence-corrected chi connectivity index (χ2v) is 7.44. The van der Waals surface area contributed by atoms with Crippen LogP contribution in [0.15, 0.2) is 30.5 Å². The summed E-state index contributed by atoms with van der Waals surface area (Å²) < 4.78 is 25.0. The summed E-state index contributed by atoms with van der Waals surface area (Å²) in [5.41, 5.74) is 0.673. The molecular weight excluding hydrogens is 290 g/mol. The fourth-order valence-corrected chi connectivity index (χ4v) is 3.27. The minimum atomic E-state index is -3.33. The number of carbonyl (C=O) groups is 1. The van der Waals surface area contributed by atoms with Gasteiger partial charge >= 0.3 is 0 Å². The third kappa shape index (κ3) is 4.05. The number of hydrogen-bond acceptors (Lipinski definition) is 3. The van der Waals surface area contributed by atoms with E-state index in [0.717, 1.165) is 17.2 Å². The first-order chi connectivity index (χ1) is 9.68. The summed E-state index contributed by atoms with van der Waals surface area (Å²) in [7, 11) is -3.33. The monoisotopic (exact) mass is 309 g/mol. The number of benzene rings is 1. The van der Waals surface area contributed by atoms with E-state index >= 15 is 0 Å². The molecule has 0 aliphatic heterocycles. The van der Waals surface area contributed by atoms with Gasteiger partial charge in [-0.15, -0.1) is 0 Å². The van der Waals surface area contributed by atoms with Crippen LogP contribution in [-0.2, 0) is 10.0 Å². The van der Waals surface area contributed by atoms with Crippen molar-refractivity contribution in [3.63, 3.8) is 0 Å². The number of H-pyrrole nitrogens is 1. The lowest BCUT2D eigenvalue weighted by Crippen LogP contribution is -2.50. The van der Waals surface area contributed by atoms with Gasteiger partial charge in [-0.1, -0.05) is 18.2 Å². The minimum Gasteiger partial charge on any atom is -0.360 e. The fourth-order valence-electron chi connectivity index (χ4n) is 2.19. The Morgan fingerprint density at radius 3 is 2.62 bits per heavy atom. The summed E-state index contributed by atoms with van der Waals surface area (Å²) in [6.07, 6.45) is 2.74. The lowest BCUT2D eigenvalue weighted by Gasteiger charge is -2.25. The molecule has 0 unspecified atom stereocenters. The van der Waals surface area contributed by atoms with E-state index in [1.165, 1.54) is 0 Å². The van der Waals surface area contributed by atoms with Crippen molar-refractivity contribution in [1.82, 2.24) is 15.0 Å². The van der Waals surface area contributed by atoms with E-state index in [9.17, 15) is 13.2 Å². The van der Waals surface area contributed by atoms with Gasteiger partial charge in [0.15, 0.2) is 0 Å². The number of amides is 1. The highest BCUT2D eigenvalue weighted by molar-refractivity contribution is 7.88. The number of sulfonamides is 1. The first-order valence-electron chi connectivity index (χ1n) is 6.51. The van der Waals surface area contributed by atoms with E-state index in [4.69, 9.17) is 0 Å². The Hall–Kier alpha value is -1.86. The van der Waals surface area contributed by atoms with Crippen LogP contribution in [0.3, 0.4) is 0 Å². The molecule has 0 saturated carbocycles. The Labute approximate surface area is 124 Å². The van der Waals surface area contributed by atoms with Crippen LogP contribution >= 0.6 is 0 Å². The molecule has 1 aromatic carbocycles. The van der Waals surface area contributed by atoms with Gasteiger partial charge < -0.3 is 10.3 Å². The third-order valence-corrected chi connectivity index (χ3v) is 3.91. The zero-order chi connectivity index (χ0) is 15.7. The SMILES string of the molecule is CC(C)(CNC(=O)c1c[nH]c2ccccc12)NS(C)(=O)=O. The van der Waals surface area contributed by atoms with Crippen LogP contribution in [0.25, 0.3) is 10.9 Å². The standard InChI is InChI=1S/C14H19N3O3S/c1-14(2,17-21(3,19)20)9-16-13(18)11-8-15-12-7-5-4-6-10(11)12/h4-8,15,17H,9H2,1-3H3,(H,16,18). The Bertz CT molecular complexity index is 763. The first-order valence-corrected chi connectivity index (χ1v) is 8.40. The fraction of sp³-hybridized carbons (Fsp3) is 0.357. The summed E-state index contributed by atoms with van der Waals surface area (Å²) in [6, 6.07) is 7.50. The highest BCUT2D eigenvalue weighted by atomic mass is 32.2. The topological polar surface area (TPSA) is 91.1 Å². The van der Waals surface area contributed by atoms with E-state index in [0.29, 0.717) is 5.56 Å². The van der Waals surface area contributed by atoms with Crippen LogP contribution in [0, 0.1) is 0 Å². The number of fused-ring (bicyclic) bond motifs is 1. The Morgan fingerprint density at radius 1 is 1.29 bits per heavy atom. The van der Waals surface area contributed by atoms with Crippen LogP contribution in [0.4, 0.5) is 0 Å². The average Bonchev–Trinajstić information content (AvgIpc) is 2.77. The van der Waals surface area contributed by atoms with Crippen molar-refractivity contribution < 1.29 is 13.2 Å². The summed E-state index contributed by atoms with van der Waals surface area (Å²) in [6.45, 7) is 3.62. The molecule has 0 fully saturated rings. The van der Waals surface area contributed by atoms with Crippen molar-refractivity contribution in [2.24, 2.45) is 0 Å². The molecule has 0 aliphatic rings. The van der Waals surface area contributed by atoms with Gasteiger partial charge in [-0.25, -0.2) is 13.1 Å². The average molecular weight is 309 g/mol. The van der Waals surface area contributed by atoms with E-state index in [-0.39, 0.29) is 12.5 Å². The van der Waals surface area contributed by atoms with Crippen LogP contribution < -0.4 is 10.0 Å². The van der Waals surface area contributed by atoms with Crippen molar-refractivity contribution in [3.05, 3.63) is 36.0 Å². The molecular formula is C14H19N3O3S. The maximum Gasteiger partial charge on any atom is 0.253 e. The van der Waals surface area contributed by atoms with E-state index in [1.807, 2.05) is 24.3 Å². The lowest BCUT2D eigenvalue weighted by molar-refractivity contribution is 0.0946. The van der Waals surface area contributed by atoms with Crippen molar-refractivity contribution in [2.75, 3.05) is 12.8 Å². The molecule has 114 valence electrons. The van der Waals surface area contributed by atoms with Crippen LogP contribution in [0.5, 0.6) is 0 Å². The summed E-state index contributed by atoms with van der Waals surface area (Å²) in [5.74, 6) is -0.240. The second kappa shape index (κ2) is 5.50. The van der Waals surface area contributed by atoms with Gasteiger partial charge in [0.1, 0.15) is 0 Å². The van der Waals surface area contributed by atoms with Crippen molar-refractivity contribution >= 4 is 26.8 Å². The highest BCUT2D eigenvalue weighted by Gasteiger charge is 2.23. The Kier molecular flexibility index (Phi) is 4.06. The molecule has 0 radical (unpaired) electrons.